The lowest BCUT2D eigenvalue weighted by Crippen LogP contribution is -2.66. The molecule has 3 aliphatic rings. The summed E-state index contributed by atoms with van der Waals surface area (Å²) in [5.74, 6) is 2.59. The first-order chi connectivity index (χ1) is 13.7. The van der Waals surface area contributed by atoms with Crippen molar-refractivity contribution in [3.8, 4) is 11.5 Å². The first-order valence-electron chi connectivity index (χ1n) is 10.1. The Balaban J connectivity index is 1.39. The van der Waals surface area contributed by atoms with Gasteiger partial charge in [0.05, 0.1) is 12.6 Å². The van der Waals surface area contributed by atoms with Crippen LogP contribution in [0.3, 0.4) is 0 Å². The Kier molecular flexibility index (Phi) is 4.30. The van der Waals surface area contributed by atoms with Crippen molar-refractivity contribution in [3.63, 3.8) is 0 Å². The number of aromatic nitrogens is 4. The van der Waals surface area contributed by atoms with E-state index in [0.717, 1.165) is 49.7 Å². The van der Waals surface area contributed by atoms with Crippen LogP contribution in [0.25, 0.3) is 11.5 Å². The van der Waals surface area contributed by atoms with Crippen molar-refractivity contribution in [1.82, 2.24) is 24.6 Å². The minimum atomic E-state index is -0.0725. The molecule has 0 aromatic carbocycles. The van der Waals surface area contributed by atoms with Crippen LogP contribution in [0.5, 0.6) is 0 Å². The highest BCUT2D eigenvalue weighted by Crippen LogP contribution is 2.42. The van der Waals surface area contributed by atoms with Crippen molar-refractivity contribution in [2.45, 2.75) is 37.8 Å². The number of aryl methyl sites for hydroxylation is 1. The molecule has 28 heavy (non-hydrogen) atoms. The Labute approximate surface area is 164 Å². The van der Waals surface area contributed by atoms with Crippen molar-refractivity contribution < 1.29 is 9.90 Å². The Morgan fingerprint density at radius 3 is 2.79 bits per heavy atom. The minimum Gasteiger partial charge on any atom is -0.394 e. The third-order valence-electron chi connectivity index (χ3n) is 6.71. The van der Waals surface area contributed by atoms with E-state index in [1.54, 1.807) is 6.20 Å². The van der Waals surface area contributed by atoms with Gasteiger partial charge < -0.3 is 19.5 Å². The molecule has 2 bridgehead atoms. The molecule has 4 atom stereocenters. The average molecular weight is 382 g/mol. The number of hydrogen-bond donors (Lipinski definition) is 1. The van der Waals surface area contributed by atoms with E-state index in [1.807, 2.05) is 34.8 Å². The molecule has 3 fully saturated rings. The summed E-state index contributed by atoms with van der Waals surface area (Å²) in [6.45, 7) is 1.73. The quantitative estimate of drug-likeness (QED) is 0.855. The maximum atomic E-state index is 12.5. The van der Waals surface area contributed by atoms with Gasteiger partial charge in [0.15, 0.2) is 11.6 Å². The first-order valence-corrected chi connectivity index (χ1v) is 10.1. The van der Waals surface area contributed by atoms with E-state index >= 15 is 0 Å². The van der Waals surface area contributed by atoms with Crippen molar-refractivity contribution in [1.29, 1.82) is 0 Å². The van der Waals surface area contributed by atoms with Gasteiger partial charge in [-0.1, -0.05) is 0 Å². The van der Waals surface area contributed by atoms with E-state index in [9.17, 15) is 9.90 Å². The van der Waals surface area contributed by atoms with Crippen LogP contribution in [0.15, 0.2) is 24.5 Å². The van der Waals surface area contributed by atoms with Crippen molar-refractivity contribution in [2.24, 2.45) is 18.9 Å². The van der Waals surface area contributed by atoms with Gasteiger partial charge in [0.25, 0.3) is 0 Å². The Bertz CT molecular complexity index is 852. The van der Waals surface area contributed by atoms with E-state index in [-0.39, 0.29) is 30.5 Å². The summed E-state index contributed by atoms with van der Waals surface area (Å²) in [7, 11) is 1.94. The highest BCUT2D eigenvalue weighted by atomic mass is 16.3. The molecule has 0 saturated carbocycles. The molecule has 5 rings (SSSR count). The molecule has 0 spiro atoms. The first kappa shape index (κ1) is 17.6. The Morgan fingerprint density at radius 2 is 2.07 bits per heavy atom. The fourth-order valence-electron chi connectivity index (χ4n) is 5.42. The number of nitrogens with zero attached hydrogens (tertiary/aromatic N) is 6. The molecule has 148 valence electrons. The monoisotopic (exact) mass is 382 g/mol. The lowest BCUT2D eigenvalue weighted by atomic mass is 9.72. The molecule has 0 aliphatic carbocycles. The number of hydrogen-bond acceptors (Lipinski definition) is 6. The summed E-state index contributed by atoms with van der Waals surface area (Å²) in [5.41, 5.74) is 0.755. The largest absolute Gasteiger partial charge is 0.394 e. The van der Waals surface area contributed by atoms with Gasteiger partial charge in [-0.05, 0) is 43.2 Å². The number of aliphatic hydroxyl groups is 1. The van der Waals surface area contributed by atoms with Crippen LogP contribution in [0.4, 0.5) is 5.82 Å². The SMILES string of the molecule is Cn1ccnc1-c1ccc(N2C[C@H]3C[C@@H](C2)[C@H](CO)N2C(=O)CCC[C@@H]32)nn1. The molecular formula is C20H26N6O2. The maximum absolute atomic E-state index is 12.5. The number of aliphatic hydroxyl groups excluding tert-OH is 1. The highest BCUT2D eigenvalue weighted by molar-refractivity contribution is 5.78. The van der Waals surface area contributed by atoms with Crippen LogP contribution in [0.2, 0.25) is 0 Å². The van der Waals surface area contributed by atoms with Gasteiger partial charge in [0.2, 0.25) is 5.91 Å². The summed E-state index contributed by atoms with van der Waals surface area (Å²) in [6, 6.07) is 4.15. The second kappa shape index (κ2) is 6.84. The molecule has 2 aromatic rings. The predicted molar refractivity (Wildman–Crippen MR) is 103 cm³/mol. The lowest BCUT2D eigenvalue weighted by molar-refractivity contribution is -0.150. The van der Waals surface area contributed by atoms with E-state index in [1.165, 1.54) is 0 Å². The zero-order valence-electron chi connectivity index (χ0n) is 16.1. The van der Waals surface area contributed by atoms with Crippen LogP contribution in [-0.4, -0.2) is 67.4 Å². The Morgan fingerprint density at radius 1 is 1.21 bits per heavy atom. The summed E-state index contributed by atoms with van der Waals surface area (Å²) in [6.07, 6.45) is 7.34. The number of fused-ring (bicyclic) bond motifs is 4. The molecule has 8 heteroatoms. The van der Waals surface area contributed by atoms with Gasteiger partial charge in [-0.25, -0.2) is 4.98 Å². The number of piperidine rings is 3. The standard InChI is InChI=1S/C20H26N6O2/c1-24-8-7-21-20(24)15-5-6-18(23-22-15)25-10-13-9-14(11-25)17(12-27)26-16(13)3-2-4-19(26)28/h5-8,13-14,16-17,27H,2-4,9-12H2,1H3/t13-,14+,16+,17+/m1/s1. The topological polar surface area (TPSA) is 87.4 Å². The molecule has 3 aliphatic heterocycles. The normalized spacial score (nSPS) is 29.7. The molecule has 1 amide bonds. The predicted octanol–water partition coefficient (Wildman–Crippen LogP) is 1.08. The summed E-state index contributed by atoms with van der Waals surface area (Å²) < 4.78 is 1.93. The number of rotatable bonds is 3. The molecule has 0 unspecified atom stereocenters. The van der Waals surface area contributed by atoms with Gasteiger partial charge >= 0.3 is 0 Å². The number of imidazole rings is 1. The van der Waals surface area contributed by atoms with E-state index in [0.29, 0.717) is 12.3 Å². The maximum Gasteiger partial charge on any atom is 0.223 e. The van der Waals surface area contributed by atoms with Crippen molar-refractivity contribution in [3.05, 3.63) is 24.5 Å². The molecule has 8 nitrogen and oxygen atoms in total. The fourth-order valence-corrected chi connectivity index (χ4v) is 5.42. The summed E-state index contributed by atoms with van der Waals surface area (Å²) >= 11 is 0. The molecule has 3 saturated heterocycles. The fraction of sp³-hybridized carbons (Fsp3) is 0.600. The summed E-state index contributed by atoms with van der Waals surface area (Å²) in [4.78, 5) is 21.2. The molecule has 2 aromatic heterocycles. The van der Waals surface area contributed by atoms with Gasteiger partial charge in [-0.2, -0.15) is 0 Å². The van der Waals surface area contributed by atoms with E-state index < -0.39 is 0 Å². The Hall–Kier alpha value is -2.48. The van der Waals surface area contributed by atoms with Crippen LogP contribution in [0, 0.1) is 11.8 Å². The van der Waals surface area contributed by atoms with Crippen molar-refractivity contribution in [2.75, 3.05) is 24.6 Å². The molecule has 5 heterocycles. The average Bonchev–Trinajstić information content (AvgIpc) is 3.15. The number of carbonyl (C=O) groups excluding carboxylic acids is 1. The van der Waals surface area contributed by atoms with Gasteiger partial charge in [-0.3, -0.25) is 4.79 Å². The third kappa shape index (κ3) is 2.78. The minimum absolute atomic E-state index is 0.0389. The van der Waals surface area contributed by atoms with Crippen LogP contribution in [-0.2, 0) is 11.8 Å². The van der Waals surface area contributed by atoms with Gasteiger partial charge in [-0.15, -0.1) is 10.2 Å². The van der Waals surface area contributed by atoms with Crippen LogP contribution >= 0.6 is 0 Å². The van der Waals surface area contributed by atoms with Crippen LogP contribution < -0.4 is 4.90 Å². The zero-order chi connectivity index (χ0) is 19.3. The summed E-state index contributed by atoms with van der Waals surface area (Å²) in [5, 5.41) is 18.9. The zero-order valence-corrected chi connectivity index (χ0v) is 16.1. The smallest absolute Gasteiger partial charge is 0.223 e. The molecule has 0 radical (unpaired) electrons. The molecular weight excluding hydrogens is 356 g/mol. The highest BCUT2D eigenvalue weighted by Gasteiger charge is 2.49. The van der Waals surface area contributed by atoms with Gasteiger partial charge in [0.1, 0.15) is 5.69 Å². The van der Waals surface area contributed by atoms with Crippen LogP contribution in [0.1, 0.15) is 25.7 Å². The number of amides is 1. The molecule has 1 N–H and O–H groups in total. The van der Waals surface area contributed by atoms with Crippen molar-refractivity contribution >= 4 is 11.7 Å². The van der Waals surface area contributed by atoms with Gasteiger partial charge in [0, 0.05) is 45.0 Å². The van der Waals surface area contributed by atoms with E-state index in [2.05, 4.69) is 20.1 Å². The second-order valence-electron chi connectivity index (χ2n) is 8.31. The number of carbonyl (C=O) groups is 1. The third-order valence-corrected chi connectivity index (χ3v) is 6.71. The van der Waals surface area contributed by atoms with E-state index in [4.69, 9.17) is 0 Å². The number of anilines is 1. The second-order valence-corrected chi connectivity index (χ2v) is 8.31. The lowest BCUT2D eigenvalue weighted by Gasteiger charge is -2.56.